The van der Waals surface area contributed by atoms with E-state index in [9.17, 15) is 9.59 Å². The fraction of sp³-hybridized carbons (Fsp3) is 0.263. The Morgan fingerprint density at radius 1 is 1.08 bits per heavy atom. The molecule has 0 radical (unpaired) electrons. The van der Waals surface area contributed by atoms with Gasteiger partial charge in [-0.05, 0) is 29.8 Å². The van der Waals surface area contributed by atoms with Crippen molar-refractivity contribution >= 4 is 28.9 Å². The summed E-state index contributed by atoms with van der Waals surface area (Å²) in [6.07, 6.45) is -0.229. The predicted molar refractivity (Wildman–Crippen MR) is 96.9 cm³/mol. The van der Waals surface area contributed by atoms with Crippen LogP contribution >= 0.6 is 0 Å². The molecule has 2 N–H and O–H groups in total. The first-order chi connectivity index (χ1) is 12.6. The topological polar surface area (TPSA) is 85.1 Å². The van der Waals surface area contributed by atoms with Crippen molar-refractivity contribution in [1.29, 1.82) is 0 Å². The third-order valence-electron chi connectivity index (χ3n) is 4.57. The highest BCUT2D eigenvalue weighted by Gasteiger charge is 2.35. The van der Waals surface area contributed by atoms with Gasteiger partial charge >= 0.3 is 0 Å². The van der Waals surface area contributed by atoms with Crippen molar-refractivity contribution in [3.8, 4) is 11.5 Å². The van der Waals surface area contributed by atoms with E-state index in [1.165, 1.54) is 4.90 Å². The summed E-state index contributed by atoms with van der Waals surface area (Å²) in [5.41, 5.74) is 8.43. The first kappa shape index (κ1) is 16.4. The smallest absolute Gasteiger partial charge is 0.241 e. The molecule has 0 unspecified atom stereocenters. The summed E-state index contributed by atoms with van der Waals surface area (Å²) in [6.45, 7) is 1.20. The van der Waals surface area contributed by atoms with Gasteiger partial charge in [0.25, 0.3) is 0 Å². The maximum Gasteiger partial charge on any atom is 0.241 e. The number of rotatable bonds is 2. The van der Waals surface area contributed by atoms with Gasteiger partial charge in [-0.15, -0.1) is 0 Å². The molecular weight excluding hydrogens is 334 g/mol. The van der Waals surface area contributed by atoms with Gasteiger partial charge in [0, 0.05) is 19.3 Å². The standard InChI is InChI=1S/C19H19N3O4/c1-21-16(23)10-17(24)22(13-4-2-3-12(9-13)11-20)14-5-6-15-19(18(14)21)26-8-7-25-15/h2-6,9H,7-8,10-11,20H2,1H3. The Morgan fingerprint density at radius 3 is 2.69 bits per heavy atom. The van der Waals surface area contributed by atoms with Gasteiger partial charge in [0.15, 0.2) is 11.5 Å². The van der Waals surface area contributed by atoms with Crippen molar-refractivity contribution in [3.63, 3.8) is 0 Å². The summed E-state index contributed by atoms with van der Waals surface area (Å²) in [6, 6.07) is 11.0. The Balaban J connectivity index is 1.94. The molecule has 2 aromatic rings. The number of amides is 2. The zero-order chi connectivity index (χ0) is 18.3. The highest BCUT2D eigenvalue weighted by Crippen LogP contribution is 2.48. The lowest BCUT2D eigenvalue weighted by Gasteiger charge is -2.29. The summed E-state index contributed by atoms with van der Waals surface area (Å²) in [5, 5.41) is 0. The molecule has 2 heterocycles. The lowest BCUT2D eigenvalue weighted by atomic mass is 10.1. The van der Waals surface area contributed by atoms with E-state index in [1.807, 2.05) is 24.3 Å². The molecule has 4 rings (SSSR count). The van der Waals surface area contributed by atoms with E-state index in [0.717, 1.165) is 5.56 Å². The molecule has 0 spiro atoms. The van der Waals surface area contributed by atoms with Crippen molar-refractivity contribution < 1.29 is 19.1 Å². The average molecular weight is 353 g/mol. The van der Waals surface area contributed by atoms with Crippen LogP contribution in [-0.4, -0.2) is 32.1 Å². The summed E-state index contributed by atoms with van der Waals surface area (Å²) >= 11 is 0. The fourth-order valence-corrected chi connectivity index (χ4v) is 3.29. The SMILES string of the molecule is CN1C(=O)CC(=O)N(c2cccc(CN)c2)c2ccc3c(c21)OCCO3. The lowest BCUT2D eigenvalue weighted by Crippen LogP contribution is -2.29. The number of anilines is 3. The molecule has 0 aromatic heterocycles. The highest BCUT2D eigenvalue weighted by molar-refractivity contribution is 6.19. The number of benzene rings is 2. The van der Waals surface area contributed by atoms with Crippen molar-refractivity contribution in [2.75, 3.05) is 30.1 Å². The highest BCUT2D eigenvalue weighted by atomic mass is 16.6. The number of fused-ring (bicyclic) bond motifs is 3. The molecule has 0 aliphatic carbocycles. The van der Waals surface area contributed by atoms with Gasteiger partial charge in [-0.2, -0.15) is 0 Å². The number of hydrogen-bond donors (Lipinski definition) is 1. The van der Waals surface area contributed by atoms with Gasteiger partial charge in [-0.1, -0.05) is 12.1 Å². The van der Waals surface area contributed by atoms with Crippen molar-refractivity contribution in [2.24, 2.45) is 5.73 Å². The summed E-state index contributed by atoms with van der Waals surface area (Å²) in [5.74, 6) is 0.460. The van der Waals surface area contributed by atoms with Gasteiger partial charge in [0.2, 0.25) is 11.8 Å². The van der Waals surface area contributed by atoms with E-state index >= 15 is 0 Å². The lowest BCUT2D eigenvalue weighted by molar-refractivity contribution is -0.125. The van der Waals surface area contributed by atoms with Crippen molar-refractivity contribution in [1.82, 2.24) is 0 Å². The number of carbonyl (C=O) groups is 2. The van der Waals surface area contributed by atoms with Crippen LogP contribution < -0.4 is 25.0 Å². The van der Waals surface area contributed by atoms with Crippen LogP contribution in [0.4, 0.5) is 17.1 Å². The molecule has 2 aliphatic rings. The van der Waals surface area contributed by atoms with Gasteiger partial charge in [-0.3, -0.25) is 14.5 Å². The first-order valence-electron chi connectivity index (χ1n) is 8.41. The summed E-state index contributed by atoms with van der Waals surface area (Å²) in [4.78, 5) is 28.4. The van der Waals surface area contributed by atoms with Crippen LogP contribution in [0.25, 0.3) is 0 Å². The van der Waals surface area contributed by atoms with Crippen LogP contribution in [0.5, 0.6) is 11.5 Å². The van der Waals surface area contributed by atoms with Crippen molar-refractivity contribution in [2.45, 2.75) is 13.0 Å². The molecular formula is C19H19N3O4. The maximum absolute atomic E-state index is 12.9. The molecule has 2 amide bonds. The van der Waals surface area contributed by atoms with Crippen molar-refractivity contribution in [3.05, 3.63) is 42.0 Å². The first-order valence-corrected chi connectivity index (χ1v) is 8.41. The second kappa shape index (κ2) is 6.34. The number of ether oxygens (including phenoxy) is 2. The molecule has 7 nitrogen and oxygen atoms in total. The molecule has 0 fully saturated rings. The molecule has 0 atom stereocenters. The van der Waals surface area contributed by atoms with Crippen LogP contribution in [0.15, 0.2) is 36.4 Å². The van der Waals surface area contributed by atoms with E-state index < -0.39 is 0 Å². The molecule has 0 saturated heterocycles. The molecule has 0 saturated carbocycles. The van der Waals surface area contributed by atoms with Gasteiger partial charge in [-0.25, -0.2) is 0 Å². The fourth-order valence-electron chi connectivity index (χ4n) is 3.29. The normalized spacial score (nSPS) is 16.4. The number of hydrogen-bond acceptors (Lipinski definition) is 5. The Bertz CT molecular complexity index is 896. The van der Waals surface area contributed by atoms with E-state index in [1.54, 1.807) is 24.1 Å². The molecule has 134 valence electrons. The third kappa shape index (κ3) is 2.57. The zero-order valence-corrected chi connectivity index (χ0v) is 14.4. The molecule has 2 aromatic carbocycles. The molecule has 0 bridgehead atoms. The predicted octanol–water partition coefficient (Wildman–Crippen LogP) is 1.95. The van der Waals surface area contributed by atoms with E-state index in [-0.39, 0.29) is 18.2 Å². The second-order valence-electron chi connectivity index (χ2n) is 6.19. The molecule has 7 heteroatoms. The minimum absolute atomic E-state index is 0.229. The Hall–Kier alpha value is -3.06. The summed E-state index contributed by atoms with van der Waals surface area (Å²) in [7, 11) is 1.65. The maximum atomic E-state index is 12.9. The number of carbonyl (C=O) groups excluding carboxylic acids is 2. The van der Waals surface area contributed by atoms with Crippen LogP contribution in [0.3, 0.4) is 0 Å². The molecule has 2 aliphatic heterocycles. The Morgan fingerprint density at radius 2 is 1.88 bits per heavy atom. The number of nitrogens with two attached hydrogens (primary N) is 1. The van der Waals surface area contributed by atoms with Crippen LogP contribution in [0.2, 0.25) is 0 Å². The summed E-state index contributed by atoms with van der Waals surface area (Å²) < 4.78 is 11.4. The van der Waals surface area contributed by atoms with Crippen LogP contribution in [0, 0.1) is 0 Å². The van der Waals surface area contributed by atoms with Gasteiger partial charge in [0.1, 0.15) is 25.3 Å². The van der Waals surface area contributed by atoms with E-state index in [2.05, 4.69) is 0 Å². The van der Waals surface area contributed by atoms with E-state index in [0.29, 0.717) is 48.3 Å². The minimum atomic E-state index is -0.300. The van der Waals surface area contributed by atoms with Gasteiger partial charge < -0.3 is 20.1 Å². The quantitative estimate of drug-likeness (QED) is 0.834. The average Bonchev–Trinajstić information content (AvgIpc) is 2.76. The second-order valence-corrected chi connectivity index (χ2v) is 6.19. The van der Waals surface area contributed by atoms with E-state index in [4.69, 9.17) is 15.2 Å². The zero-order valence-electron chi connectivity index (χ0n) is 14.4. The molecule has 26 heavy (non-hydrogen) atoms. The minimum Gasteiger partial charge on any atom is -0.486 e. The monoisotopic (exact) mass is 353 g/mol. The van der Waals surface area contributed by atoms with Crippen LogP contribution in [0.1, 0.15) is 12.0 Å². The Kier molecular flexibility index (Phi) is 4.00. The third-order valence-corrected chi connectivity index (χ3v) is 4.57. The van der Waals surface area contributed by atoms with Gasteiger partial charge in [0.05, 0.1) is 5.69 Å². The van der Waals surface area contributed by atoms with Crippen LogP contribution in [-0.2, 0) is 16.1 Å². The number of nitrogens with zero attached hydrogens (tertiary/aromatic N) is 2. The Labute approximate surface area is 150 Å². The largest absolute Gasteiger partial charge is 0.486 e.